The van der Waals surface area contributed by atoms with E-state index in [4.69, 9.17) is 0 Å². The molecule has 1 aromatic carbocycles. The first kappa shape index (κ1) is 15.3. The van der Waals surface area contributed by atoms with Crippen LogP contribution in [0.3, 0.4) is 0 Å². The van der Waals surface area contributed by atoms with Crippen molar-refractivity contribution >= 4 is 17.4 Å². The highest BCUT2D eigenvalue weighted by molar-refractivity contribution is 7.08. The third kappa shape index (κ3) is 3.59. The Morgan fingerprint density at radius 2 is 2.17 bits per heavy atom. The largest absolute Gasteiger partial charge is 0.343 e. The molecule has 1 atom stereocenters. The van der Waals surface area contributed by atoms with Gasteiger partial charge in [-0.15, -0.1) is 5.10 Å². The van der Waals surface area contributed by atoms with Crippen LogP contribution in [0.25, 0.3) is 0 Å². The molecule has 0 fully saturated rings. The topological polar surface area (TPSA) is 85.6 Å². The SMILES string of the molecule is CCc1nnsc1C(=O)N[C@H](Cn1cncn1)c1ccccc1. The van der Waals surface area contributed by atoms with Crippen LogP contribution < -0.4 is 5.32 Å². The standard InChI is InChI=1S/C15H16N6OS/c1-2-12-14(23-20-19-12)15(22)18-13(8-21-10-16-9-17-21)11-6-4-3-5-7-11/h3-7,9-10,13H,2,8H2,1H3,(H,18,22)/t13-/m1/s1. The maximum Gasteiger partial charge on any atom is 0.265 e. The molecule has 3 rings (SSSR count). The Morgan fingerprint density at radius 1 is 1.35 bits per heavy atom. The number of hydrogen-bond acceptors (Lipinski definition) is 6. The van der Waals surface area contributed by atoms with E-state index in [9.17, 15) is 4.79 Å². The molecule has 0 aliphatic rings. The van der Waals surface area contributed by atoms with Crippen LogP contribution in [0.2, 0.25) is 0 Å². The van der Waals surface area contributed by atoms with Crippen molar-refractivity contribution in [1.82, 2.24) is 29.7 Å². The molecular weight excluding hydrogens is 312 g/mol. The van der Waals surface area contributed by atoms with Crippen molar-refractivity contribution < 1.29 is 4.79 Å². The number of carbonyl (C=O) groups excluding carboxylic acids is 1. The highest BCUT2D eigenvalue weighted by atomic mass is 32.1. The van der Waals surface area contributed by atoms with E-state index in [1.807, 2.05) is 37.3 Å². The van der Waals surface area contributed by atoms with Gasteiger partial charge in [-0.3, -0.25) is 9.48 Å². The summed E-state index contributed by atoms with van der Waals surface area (Å²) < 4.78 is 5.57. The molecule has 0 unspecified atom stereocenters. The van der Waals surface area contributed by atoms with Crippen LogP contribution in [0.5, 0.6) is 0 Å². The molecule has 1 amide bonds. The van der Waals surface area contributed by atoms with Crippen molar-refractivity contribution in [3.63, 3.8) is 0 Å². The van der Waals surface area contributed by atoms with Gasteiger partial charge in [0.05, 0.1) is 18.3 Å². The van der Waals surface area contributed by atoms with E-state index in [-0.39, 0.29) is 11.9 Å². The number of aromatic nitrogens is 5. The molecule has 2 heterocycles. The quantitative estimate of drug-likeness (QED) is 0.746. The number of carbonyl (C=O) groups is 1. The number of nitrogens with zero attached hydrogens (tertiary/aromatic N) is 5. The Kier molecular flexibility index (Phi) is 4.72. The Balaban J connectivity index is 1.82. The molecule has 118 valence electrons. The van der Waals surface area contributed by atoms with Gasteiger partial charge in [-0.05, 0) is 23.5 Å². The zero-order chi connectivity index (χ0) is 16.1. The summed E-state index contributed by atoms with van der Waals surface area (Å²) in [6.45, 7) is 2.46. The lowest BCUT2D eigenvalue weighted by atomic mass is 10.1. The van der Waals surface area contributed by atoms with Gasteiger partial charge < -0.3 is 5.32 Å². The summed E-state index contributed by atoms with van der Waals surface area (Å²) in [6, 6.07) is 9.59. The first-order valence-corrected chi connectivity index (χ1v) is 8.04. The summed E-state index contributed by atoms with van der Waals surface area (Å²) in [6.07, 6.45) is 3.79. The molecule has 2 aromatic heterocycles. The monoisotopic (exact) mass is 328 g/mol. The van der Waals surface area contributed by atoms with E-state index in [1.54, 1.807) is 11.0 Å². The molecule has 1 N–H and O–H groups in total. The molecule has 3 aromatic rings. The van der Waals surface area contributed by atoms with E-state index < -0.39 is 0 Å². The fraction of sp³-hybridized carbons (Fsp3) is 0.267. The van der Waals surface area contributed by atoms with Crippen molar-refractivity contribution in [3.05, 3.63) is 59.1 Å². The van der Waals surface area contributed by atoms with Crippen molar-refractivity contribution in [1.29, 1.82) is 0 Å². The molecule has 0 bridgehead atoms. The predicted octanol–water partition coefficient (Wildman–Crippen LogP) is 1.86. The van der Waals surface area contributed by atoms with Gasteiger partial charge in [0.25, 0.3) is 5.91 Å². The van der Waals surface area contributed by atoms with Gasteiger partial charge in [0.15, 0.2) is 0 Å². The third-order valence-electron chi connectivity index (χ3n) is 3.44. The number of nitrogens with one attached hydrogen (secondary N) is 1. The van der Waals surface area contributed by atoms with E-state index in [0.717, 1.165) is 22.8 Å². The molecule has 0 aliphatic heterocycles. The molecule has 0 saturated heterocycles. The zero-order valence-electron chi connectivity index (χ0n) is 12.6. The number of hydrogen-bond donors (Lipinski definition) is 1. The Morgan fingerprint density at radius 3 is 2.87 bits per heavy atom. The Bertz CT molecular complexity index is 755. The molecule has 0 spiro atoms. The number of rotatable bonds is 6. The summed E-state index contributed by atoms with van der Waals surface area (Å²) in [5, 5.41) is 11.2. The van der Waals surface area contributed by atoms with Gasteiger partial charge in [0.2, 0.25) is 0 Å². The second-order valence-electron chi connectivity index (χ2n) is 4.96. The summed E-state index contributed by atoms with van der Waals surface area (Å²) >= 11 is 1.12. The fourth-order valence-corrected chi connectivity index (χ4v) is 2.92. The maximum absolute atomic E-state index is 12.6. The molecule has 0 aliphatic carbocycles. The predicted molar refractivity (Wildman–Crippen MR) is 86.0 cm³/mol. The minimum atomic E-state index is -0.211. The van der Waals surface area contributed by atoms with Gasteiger partial charge in [0, 0.05) is 0 Å². The maximum atomic E-state index is 12.6. The van der Waals surface area contributed by atoms with E-state index >= 15 is 0 Å². The summed E-state index contributed by atoms with van der Waals surface area (Å²) in [5.41, 5.74) is 1.73. The molecule has 7 nitrogen and oxygen atoms in total. The van der Waals surface area contributed by atoms with Crippen LogP contribution in [0.4, 0.5) is 0 Å². The van der Waals surface area contributed by atoms with Gasteiger partial charge in [-0.2, -0.15) is 5.10 Å². The van der Waals surface area contributed by atoms with Gasteiger partial charge >= 0.3 is 0 Å². The minimum Gasteiger partial charge on any atom is -0.343 e. The third-order valence-corrected chi connectivity index (χ3v) is 4.21. The number of amides is 1. The Labute approximate surface area is 137 Å². The lowest BCUT2D eigenvalue weighted by Gasteiger charge is -2.18. The van der Waals surface area contributed by atoms with Gasteiger partial charge in [0.1, 0.15) is 17.5 Å². The fourth-order valence-electron chi connectivity index (χ4n) is 2.27. The minimum absolute atomic E-state index is 0.161. The number of benzene rings is 1. The normalized spacial score (nSPS) is 12.0. The average molecular weight is 328 g/mol. The molecule has 0 saturated carbocycles. The summed E-state index contributed by atoms with van der Waals surface area (Å²) in [7, 11) is 0. The molecule has 23 heavy (non-hydrogen) atoms. The van der Waals surface area contributed by atoms with Crippen LogP contribution in [0.1, 0.15) is 33.9 Å². The lowest BCUT2D eigenvalue weighted by Crippen LogP contribution is -2.31. The van der Waals surface area contributed by atoms with Crippen molar-refractivity contribution in [2.75, 3.05) is 0 Å². The van der Waals surface area contributed by atoms with Crippen LogP contribution in [0, 0.1) is 0 Å². The van der Waals surface area contributed by atoms with Crippen molar-refractivity contribution in [2.24, 2.45) is 0 Å². The summed E-state index contributed by atoms with van der Waals surface area (Å²) in [4.78, 5) is 17.1. The summed E-state index contributed by atoms with van der Waals surface area (Å²) in [5.74, 6) is -0.161. The zero-order valence-corrected chi connectivity index (χ0v) is 13.4. The molecular formula is C15H16N6OS. The highest BCUT2D eigenvalue weighted by Crippen LogP contribution is 2.17. The van der Waals surface area contributed by atoms with Crippen molar-refractivity contribution in [2.45, 2.75) is 25.9 Å². The average Bonchev–Trinajstić information content (AvgIpc) is 3.26. The number of aryl methyl sites for hydroxylation is 1. The van der Waals surface area contributed by atoms with Crippen LogP contribution in [-0.4, -0.2) is 30.3 Å². The van der Waals surface area contributed by atoms with E-state index in [1.165, 1.54) is 6.33 Å². The van der Waals surface area contributed by atoms with Crippen LogP contribution in [0.15, 0.2) is 43.0 Å². The molecule has 8 heteroatoms. The first-order valence-electron chi connectivity index (χ1n) is 7.27. The smallest absolute Gasteiger partial charge is 0.265 e. The van der Waals surface area contributed by atoms with Gasteiger partial charge in [-0.1, -0.05) is 41.7 Å². The first-order chi connectivity index (χ1) is 11.3. The van der Waals surface area contributed by atoms with Gasteiger partial charge in [-0.25, -0.2) is 4.98 Å². The molecule has 0 radical (unpaired) electrons. The van der Waals surface area contributed by atoms with Crippen LogP contribution in [-0.2, 0) is 13.0 Å². The highest BCUT2D eigenvalue weighted by Gasteiger charge is 2.20. The van der Waals surface area contributed by atoms with E-state index in [0.29, 0.717) is 17.8 Å². The Hall–Kier alpha value is -2.61. The van der Waals surface area contributed by atoms with E-state index in [2.05, 4.69) is 25.0 Å². The lowest BCUT2D eigenvalue weighted by molar-refractivity contribution is 0.0935. The second-order valence-corrected chi connectivity index (χ2v) is 5.71. The van der Waals surface area contributed by atoms with Crippen LogP contribution >= 0.6 is 11.5 Å². The second kappa shape index (κ2) is 7.10. The van der Waals surface area contributed by atoms with Crippen molar-refractivity contribution in [3.8, 4) is 0 Å².